The highest BCUT2D eigenvalue weighted by Gasteiger charge is 2.05. The third-order valence-corrected chi connectivity index (χ3v) is 4.73. The Bertz CT molecular complexity index is 887. The van der Waals surface area contributed by atoms with Gasteiger partial charge in [-0.1, -0.05) is 42.5 Å². The van der Waals surface area contributed by atoms with Crippen LogP contribution in [0.3, 0.4) is 0 Å². The first kappa shape index (κ1) is 20.5. The van der Waals surface area contributed by atoms with Gasteiger partial charge in [0.2, 0.25) is 0 Å². The van der Waals surface area contributed by atoms with Crippen LogP contribution in [0.5, 0.6) is 5.75 Å². The topological polar surface area (TPSA) is 63.5 Å². The van der Waals surface area contributed by atoms with E-state index in [1.54, 1.807) is 14.2 Å². The SMILES string of the molecule is CN=C(NCCc1ccc(OC)cc1)NCCc1nccn1Cc1ccccc1. The number of imidazole rings is 1. The zero-order valence-corrected chi connectivity index (χ0v) is 17.1. The zero-order chi connectivity index (χ0) is 20.3. The van der Waals surface area contributed by atoms with Crippen LogP contribution in [0, 0.1) is 0 Å². The Morgan fingerprint density at radius 1 is 0.966 bits per heavy atom. The van der Waals surface area contributed by atoms with Crippen LogP contribution in [0.1, 0.15) is 17.0 Å². The Morgan fingerprint density at radius 3 is 2.38 bits per heavy atom. The molecule has 0 aliphatic carbocycles. The number of nitrogens with zero attached hydrogens (tertiary/aromatic N) is 3. The molecule has 0 radical (unpaired) electrons. The fourth-order valence-corrected chi connectivity index (χ4v) is 3.12. The van der Waals surface area contributed by atoms with Gasteiger partial charge in [-0.2, -0.15) is 0 Å². The maximum atomic E-state index is 5.19. The lowest BCUT2D eigenvalue weighted by atomic mass is 10.1. The molecule has 6 nitrogen and oxygen atoms in total. The first-order valence-corrected chi connectivity index (χ1v) is 9.90. The van der Waals surface area contributed by atoms with Crippen LogP contribution >= 0.6 is 0 Å². The van der Waals surface area contributed by atoms with Crippen molar-refractivity contribution in [2.45, 2.75) is 19.4 Å². The summed E-state index contributed by atoms with van der Waals surface area (Å²) in [6.07, 6.45) is 5.65. The zero-order valence-electron chi connectivity index (χ0n) is 17.1. The third-order valence-electron chi connectivity index (χ3n) is 4.73. The van der Waals surface area contributed by atoms with Gasteiger partial charge >= 0.3 is 0 Å². The van der Waals surface area contributed by atoms with E-state index >= 15 is 0 Å². The number of guanidine groups is 1. The lowest BCUT2D eigenvalue weighted by Gasteiger charge is -2.13. The molecular weight excluding hydrogens is 362 g/mol. The number of ether oxygens (including phenoxy) is 1. The summed E-state index contributed by atoms with van der Waals surface area (Å²) >= 11 is 0. The van der Waals surface area contributed by atoms with Gasteiger partial charge in [0.15, 0.2) is 5.96 Å². The number of hydrogen-bond donors (Lipinski definition) is 2. The Morgan fingerprint density at radius 2 is 1.69 bits per heavy atom. The van der Waals surface area contributed by atoms with E-state index in [4.69, 9.17) is 4.74 Å². The maximum Gasteiger partial charge on any atom is 0.191 e. The van der Waals surface area contributed by atoms with Crippen molar-refractivity contribution in [1.29, 1.82) is 0 Å². The van der Waals surface area contributed by atoms with Gasteiger partial charge in [0, 0.05) is 45.5 Å². The Labute approximate surface area is 172 Å². The van der Waals surface area contributed by atoms with Crippen LogP contribution < -0.4 is 15.4 Å². The van der Waals surface area contributed by atoms with E-state index in [9.17, 15) is 0 Å². The van der Waals surface area contributed by atoms with Crippen molar-refractivity contribution >= 4 is 5.96 Å². The van der Waals surface area contributed by atoms with Gasteiger partial charge in [-0.25, -0.2) is 4.98 Å². The number of aliphatic imine (C=N–C) groups is 1. The number of aromatic nitrogens is 2. The van der Waals surface area contributed by atoms with Crippen LogP contribution in [0.15, 0.2) is 72.0 Å². The first-order valence-electron chi connectivity index (χ1n) is 9.90. The molecule has 0 saturated carbocycles. The fraction of sp³-hybridized carbons (Fsp3) is 0.304. The van der Waals surface area contributed by atoms with Gasteiger partial charge in [-0.15, -0.1) is 0 Å². The van der Waals surface area contributed by atoms with Gasteiger partial charge in [-0.05, 0) is 29.7 Å². The van der Waals surface area contributed by atoms with Gasteiger partial charge in [0.25, 0.3) is 0 Å². The second-order valence-electron chi connectivity index (χ2n) is 6.73. The van der Waals surface area contributed by atoms with E-state index in [1.165, 1.54) is 11.1 Å². The van der Waals surface area contributed by atoms with E-state index in [2.05, 4.69) is 61.6 Å². The average molecular weight is 392 g/mol. The number of benzene rings is 2. The number of rotatable bonds is 9. The molecule has 0 unspecified atom stereocenters. The second kappa shape index (κ2) is 10.9. The maximum absolute atomic E-state index is 5.19. The minimum absolute atomic E-state index is 0.772. The molecule has 0 aliphatic rings. The molecule has 1 aromatic heterocycles. The summed E-state index contributed by atoms with van der Waals surface area (Å²) in [4.78, 5) is 8.81. The van der Waals surface area contributed by atoms with Gasteiger partial charge < -0.3 is 19.9 Å². The molecule has 0 saturated heterocycles. The lowest BCUT2D eigenvalue weighted by Crippen LogP contribution is -2.39. The largest absolute Gasteiger partial charge is 0.497 e. The number of hydrogen-bond acceptors (Lipinski definition) is 3. The van der Waals surface area contributed by atoms with Crippen molar-refractivity contribution in [3.63, 3.8) is 0 Å². The van der Waals surface area contributed by atoms with Crippen molar-refractivity contribution in [1.82, 2.24) is 20.2 Å². The Kier molecular flexibility index (Phi) is 7.69. The molecule has 6 heteroatoms. The van der Waals surface area contributed by atoms with Gasteiger partial charge in [-0.3, -0.25) is 4.99 Å². The molecule has 0 atom stereocenters. The van der Waals surface area contributed by atoms with Crippen molar-refractivity contribution in [3.05, 3.63) is 83.9 Å². The van der Waals surface area contributed by atoms with Crippen molar-refractivity contribution in [3.8, 4) is 5.75 Å². The summed E-state index contributed by atoms with van der Waals surface area (Å²) in [5.41, 5.74) is 2.53. The first-order chi connectivity index (χ1) is 14.3. The highest BCUT2D eigenvalue weighted by molar-refractivity contribution is 5.79. The normalized spacial score (nSPS) is 11.3. The second-order valence-corrected chi connectivity index (χ2v) is 6.73. The van der Waals surface area contributed by atoms with Crippen LogP contribution in [0.25, 0.3) is 0 Å². The molecule has 1 heterocycles. The van der Waals surface area contributed by atoms with Crippen LogP contribution in [0.2, 0.25) is 0 Å². The predicted molar refractivity (Wildman–Crippen MR) is 118 cm³/mol. The van der Waals surface area contributed by atoms with Crippen molar-refractivity contribution in [2.75, 3.05) is 27.2 Å². The molecule has 2 N–H and O–H groups in total. The molecule has 0 bridgehead atoms. The molecule has 29 heavy (non-hydrogen) atoms. The average Bonchev–Trinajstić information content (AvgIpc) is 3.20. The van der Waals surface area contributed by atoms with E-state index in [1.807, 2.05) is 30.6 Å². The minimum atomic E-state index is 0.772. The summed E-state index contributed by atoms with van der Waals surface area (Å²) in [6.45, 7) is 2.42. The highest BCUT2D eigenvalue weighted by atomic mass is 16.5. The van der Waals surface area contributed by atoms with Crippen molar-refractivity contribution < 1.29 is 4.74 Å². The number of methoxy groups -OCH3 is 1. The van der Waals surface area contributed by atoms with Crippen LogP contribution in [0.4, 0.5) is 0 Å². The summed E-state index contributed by atoms with van der Waals surface area (Å²) in [5.74, 6) is 2.75. The fourth-order valence-electron chi connectivity index (χ4n) is 3.12. The van der Waals surface area contributed by atoms with E-state index in [-0.39, 0.29) is 0 Å². The molecule has 0 amide bonds. The van der Waals surface area contributed by atoms with Gasteiger partial charge in [0.1, 0.15) is 11.6 Å². The third kappa shape index (κ3) is 6.38. The Hall–Kier alpha value is -3.28. The molecule has 0 spiro atoms. The summed E-state index contributed by atoms with van der Waals surface area (Å²) in [7, 11) is 3.47. The highest BCUT2D eigenvalue weighted by Crippen LogP contribution is 2.11. The standard InChI is InChI=1S/C23H29N5O/c1-24-23(26-14-12-19-8-10-21(29-2)11-9-19)27-15-13-22-25-16-17-28(22)18-20-6-4-3-5-7-20/h3-11,16-17H,12-15,18H2,1-2H3,(H2,24,26,27). The van der Waals surface area contributed by atoms with Crippen LogP contribution in [-0.2, 0) is 19.4 Å². The van der Waals surface area contributed by atoms with E-state index < -0.39 is 0 Å². The summed E-state index contributed by atoms with van der Waals surface area (Å²) in [5, 5.41) is 6.73. The number of nitrogens with one attached hydrogen (secondary N) is 2. The van der Waals surface area contributed by atoms with Crippen molar-refractivity contribution in [2.24, 2.45) is 4.99 Å². The van der Waals surface area contributed by atoms with E-state index in [0.717, 1.165) is 50.0 Å². The lowest BCUT2D eigenvalue weighted by molar-refractivity contribution is 0.414. The summed E-state index contributed by atoms with van der Waals surface area (Å²) < 4.78 is 7.39. The minimum Gasteiger partial charge on any atom is -0.497 e. The molecule has 0 fully saturated rings. The molecule has 3 rings (SSSR count). The summed E-state index contributed by atoms with van der Waals surface area (Å²) in [6, 6.07) is 18.6. The molecule has 3 aromatic rings. The predicted octanol–water partition coefficient (Wildman–Crippen LogP) is 2.89. The molecule has 2 aromatic carbocycles. The van der Waals surface area contributed by atoms with Gasteiger partial charge in [0.05, 0.1) is 7.11 Å². The molecular formula is C23H29N5O. The molecule has 0 aliphatic heterocycles. The Balaban J connectivity index is 1.41. The quantitative estimate of drug-likeness (QED) is 0.435. The molecule has 152 valence electrons. The smallest absolute Gasteiger partial charge is 0.191 e. The van der Waals surface area contributed by atoms with E-state index in [0.29, 0.717) is 0 Å². The van der Waals surface area contributed by atoms with Crippen LogP contribution in [-0.4, -0.2) is 42.8 Å². The monoisotopic (exact) mass is 391 g/mol.